The summed E-state index contributed by atoms with van der Waals surface area (Å²) in [5.74, 6) is 0.0333. The van der Waals surface area contributed by atoms with E-state index in [1.165, 1.54) is 5.56 Å². The van der Waals surface area contributed by atoms with E-state index in [1.807, 2.05) is 0 Å². The summed E-state index contributed by atoms with van der Waals surface area (Å²) in [5, 5.41) is 6.82. The number of hydrogen-bond donors (Lipinski definition) is 2. The first-order chi connectivity index (χ1) is 9.13. The van der Waals surface area contributed by atoms with E-state index < -0.39 is 0 Å². The molecule has 1 saturated heterocycles. The number of aromatic nitrogens is 1. The molecule has 1 amide bonds. The second-order valence-corrected chi connectivity index (χ2v) is 6.12. The SMILES string of the molecule is Cc1cc(C)c2nc(NC(=O)C3CCCN3)sc2c1. The summed E-state index contributed by atoms with van der Waals surface area (Å²) in [4.78, 5) is 16.6. The summed E-state index contributed by atoms with van der Waals surface area (Å²) in [6, 6.07) is 4.17. The Morgan fingerprint density at radius 2 is 2.32 bits per heavy atom. The molecule has 3 rings (SSSR count). The van der Waals surface area contributed by atoms with Gasteiger partial charge in [-0.1, -0.05) is 17.4 Å². The minimum absolute atomic E-state index is 0.0333. The molecule has 1 aromatic heterocycles. The van der Waals surface area contributed by atoms with Crippen molar-refractivity contribution in [3.63, 3.8) is 0 Å². The van der Waals surface area contributed by atoms with Gasteiger partial charge in [0.05, 0.1) is 16.3 Å². The normalized spacial score (nSPS) is 18.9. The Balaban J connectivity index is 1.85. The van der Waals surface area contributed by atoms with E-state index in [2.05, 4.69) is 41.6 Å². The van der Waals surface area contributed by atoms with Crippen LogP contribution in [0.2, 0.25) is 0 Å². The second-order valence-electron chi connectivity index (χ2n) is 5.09. The van der Waals surface area contributed by atoms with Gasteiger partial charge in [0, 0.05) is 0 Å². The Morgan fingerprint density at radius 1 is 1.47 bits per heavy atom. The van der Waals surface area contributed by atoms with Gasteiger partial charge in [-0.2, -0.15) is 0 Å². The number of benzene rings is 1. The van der Waals surface area contributed by atoms with E-state index in [-0.39, 0.29) is 11.9 Å². The second kappa shape index (κ2) is 4.90. The lowest BCUT2D eigenvalue weighted by molar-refractivity contribution is -0.117. The summed E-state index contributed by atoms with van der Waals surface area (Å²) in [7, 11) is 0. The lowest BCUT2D eigenvalue weighted by Crippen LogP contribution is -2.35. The number of anilines is 1. The third-order valence-corrected chi connectivity index (χ3v) is 4.35. The third-order valence-electron chi connectivity index (χ3n) is 3.44. The van der Waals surface area contributed by atoms with Gasteiger partial charge in [0.2, 0.25) is 5.91 Å². The van der Waals surface area contributed by atoms with Crippen LogP contribution in [0.25, 0.3) is 10.2 Å². The van der Waals surface area contributed by atoms with Crippen LogP contribution in [0.1, 0.15) is 24.0 Å². The third kappa shape index (κ3) is 2.48. The van der Waals surface area contributed by atoms with Gasteiger partial charge in [-0.25, -0.2) is 4.98 Å². The number of thiazole rings is 1. The van der Waals surface area contributed by atoms with Crippen LogP contribution in [-0.2, 0) is 4.79 Å². The van der Waals surface area contributed by atoms with Crippen LogP contribution in [0.4, 0.5) is 5.13 Å². The van der Waals surface area contributed by atoms with Crippen LogP contribution in [0.3, 0.4) is 0 Å². The molecule has 1 fully saturated rings. The van der Waals surface area contributed by atoms with E-state index in [9.17, 15) is 4.79 Å². The summed E-state index contributed by atoms with van der Waals surface area (Å²) in [5.41, 5.74) is 3.38. The number of nitrogens with one attached hydrogen (secondary N) is 2. The van der Waals surface area contributed by atoms with E-state index in [4.69, 9.17) is 0 Å². The van der Waals surface area contributed by atoms with Crippen LogP contribution in [0, 0.1) is 13.8 Å². The molecule has 100 valence electrons. The number of carbonyl (C=O) groups excluding carboxylic acids is 1. The first-order valence-corrected chi connectivity index (χ1v) is 7.37. The molecule has 19 heavy (non-hydrogen) atoms. The quantitative estimate of drug-likeness (QED) is 0.886. The Bertz CT molecular complexity index is 629. The molecule has 4 nitrogen and oxygen atoms in total. The topological polar surface area (TPSA) is 54.0 Å². The molecular formula is C14H17N3OS. The Hall–Kier alpha value is -1.46. The zero-order valence-electron chi connectivity index (χ0n) is 11.1. The molecule has 5 heteroatoms. The lowest BCUT2D eigenvalue weighted by Gasteiger charge is -2.08. The zero-order chi connectivity index (χ0) is 13.4. The molecule has 0 bridgehead atoms. The number of rotatable bonds is 2. The number of carbonyl (C=O) groups is 1. The fourth-order valence-corrected chi connectivity index (χ4v) is 3.57. The van der Waals surface area contributed by atoms with Gasteiger partial charge in [0.25, 0.3) is 0 Å². The van der Waals surface area contributed by atoms with Crippen LogP contribution < -0.4 is 10.6 Å². The minimum Gasteiger partial charge on any atom is -0.306 e. The van der Waals surface area contributed by atoms with Gasteiger partial charge < -0.3 is 10.6 Å². The van der Waals surface area contributed by atoms with Gasteiger partial charge in [0.1, 0.15) is 0 Å². The van der Waals surface area contributed by atoms with Gasteiger partial charge in [-0.3, -0.25) is 4.79 Å². The Kier molecular flexibility index (Phi) is 3.24. The van der Waals surface area contributed by atoms with Crippen molar-refractivity contribution >= 4 is 32.6 Å². The maximum absolute atomic E-state index is 12.0. The molecule has 0 saturated carbocycles. The highest BCUT2D eigenvalue weighted by Crippen LogP contribution is 2.29. The number of hydrogen-bond acceptors (Lipinski definition) is 4. The van der Waals surface area contributed by atoms with Crippen molar-refractivity contribution in [2.24, 2.45) is 0 Å². The van der Waals surface area contributed by atoms with Gasteiger partial charge in [-0.05, 0) is 50.4 Å². The molecule has 1 aliphatic heterocycles. The fraction of sp³-hybridized carbons (Fsp3) is 0.429. The number of nitrogens with zero attached hydrogens (tertiary/aromatic N) is 1. The molecule has 1 aromatic carbocycles. The van der Waals surface area contributed by atoms with Gasteiger partial charge in [0.15, 0.2) is 5.13 Å². The molecule has 2 N–H and O–H groups in total. The van der Waals surface area contributed by atoms with Crippen molar-refractivity contribution in [1.29, 1.82) is 0 Å². The molecule has 2 aromatic rings. The molecule has 1 aliphatic rings. The monoisotopic (exact) mass is 275 g/mol. The minimum atomic E-state index is -0.0603. The molecular weight excluding hydrogens is 258 g/mol. The highest BCUT2D eigenvalue weighted by molar-refractivity contribution is 7.22. The smallest absolute Gasteiger partial charge is 0.243 e. The zero-order valence-corrected chi connectivity index (χ0v) is 11.9. The maximum Gasteiger partial charge on any atom is 0.243 e. The van der Waals surface area contributed by atoms with Crippen molar-refractivity contribution in [1.82, 2.24) is 10.3 Å². The fourth-order valence-electron chi connectivity index (χ4n) is 2.52. The highest BCUT2D eigenvalue weighted by Gasteiger charge is 2.22. The van der Waals surface area contributed by atoms with E-state index in [0.717, 1.165) is 35.2 Å². The average molecular weight is 275 g/mol. The van der Waals surface area contributed by atoms with Gasteiger partial charge in [-0.15, -0.1) is 0 Å². The highest BCUT2D eigenvalue weighted by atomic mass is 32.1. The van der Waals surface area contributed by atoms with Crippen molar-refractivity contribution in [2.45, 2.75) is 32.7 Å². The van der Waals surface area contributed by atoms with E-state index in [0.29, 0.717) is 5.13 Å². The van der Waals surface area contributed by atoms with E-state index in [1.54, 1.807) is 11.3 Å². The molecule has 0 aliphatic carbocycles. The predicted octanol–water partition coefficient (Wildman–Crippen LogP) is 2.60. The summed E-state index contributed by atoms with van der Waals surface area (Å²) < 4.78 is 1.13. The van der Waals surface area contributed by atoms with E-state index >= 15 is 0 Å². The molecule has 1 unspecified atom stereocenters. The lowest BCUT2D eigenvalue weighted by atomic mass is 10.1. The number of fused-ring (bicyclic) bond motifs is 1. The van der Waals surface area contributed by atoms with Crippen molar-refractivity contribution < 1.29 is 4.79 Å². The van der Waals surface area contributed by atoms with Crippen LogP contribution >= 0.6 is 11.3 Å². The standard InChI is InChI=1S/C14H17N3OS/c1-8-6-9(2)12-11(7-8)19-14(16-12)17-13(18)10-4-3-5-15-10/h6-7,10,15H,3-5H2,1-2H3,(H,16,17,18). The summed E-state index contributed by atoms with van der Waals surface area (Å²) in [6.45, 7) is 5.06. The predicted molar refractivity (Wildman–Crippen MR) is 78.7 cm³/mol. The Labute approximate surface area is 116 Å². The molecule has 2 heterocycles. The average Bonchev–Trinajstić information content (AvgIpc) is 2.96. The van der Waals surface area contributed by atoms with Crippen molar-refractivity contribution in [3.05, 3.63) is 23.3 Å². The number of amides is 1. The molecule has 0 spiro atoms. The number of aryl methyl sites for hydroxylation is 2. The van der Waals surface area contributed by atoms with Crippen molar-refractivity contribution in [2.75, 3.05) is 11.9 Å². The summed E-state index contributed by atoms with van der Waals surface area (Å²) in [6.07, 6.45) is 1.98. The first kappa shape index (κ1) is 12.6. The summed E-state index contributed by atoms with van der Waals surface area (Å²) >= 11 is 1.54. The Morgan fingerprint density at radius 3 is 3.05 bits per heavy atom. The first-order valence-electron chi connectivity index (χ1n) is 6.55. The van der Waals surface area contributed by atoms with Crippen molar-refractivity contribution in [3.8, 4) is 0 Å². The molecule has 1 atom stereocenters. The maximum atomic E-state index is 12.0. The van der Waals surface area contributed by atoms with Crippen LogP contribution in [-0.4, -0.2) is 23.5 Å². The van der Waals surface area contributed by atoms with Gasteiger partial charge >= 0.3 is 0 Å². The van der Waals surface area contributed by atoms with Crippen LogP contribution in [0.15, 0.2) is 12.1 Å². The largest absolute Gasteiger partial charge is 0.306 e. The van der Waals surface area contributed by atoms with Crippen LogP contribution in [0.5, 0.6) is 0 Å². The molecule has 0 radical (unpaired) electrons.